The van der Waals surface area contributed by atoms with Crippen LogP contribution >= 0.6 is 15.9 Å². The van der Waals surface area contributed by atoms with Crippen molar-refractivity contribution in [1.29, 1.82) is 0 Å². The summed E-state index contributed by atoms with van der Waals surface area (Å²) in [6.07, 6.45) is 0.223. The van der Waals surface area contributed by atoms with Crippen LogP contribution in [0, 0.1) is 0 Å². The third-order valence-electron chi connectivity index (χ3n) is 4.20. The van der Waals surface area contributed by atoms with Crippen molar-refractivity contribution in [3.8, 4) is 0 Å². The Morgan fingerprint density at radius 3 is 2.45 bits per heavy atom. The van der Waals surface area contributed by atoms with Gasteiger partial charge in [0, 0.05) is 17.3 Å². The average Bonchev–Trinajstić information content (AvgIpc) is 2.78. The van der Waals surface area contributed by atoms with Crippen molar-refractivity contribution in [3.05, 3.63) is 59.1 Å². The van der Waals surface area contributed by atoms with E-state index in [-0.39, 0.29) is 31.0 Å². The molecule has 2 N–H and O–H groups in total. The van der Waals surface area contributed by atoms with E-state index >= 15 is 0 Å². The Hall–Kier alpha value is -3.53. The van der Waals surface area contributed by atoms with Crippen LogP contribution in [0.5, 0.6) is 0 Å². The predicted molar refractivity (Wildman–Crippen MR) is 117 cm³/mol. The Kier molecular flexibility index (Phi) is 7.50. The minimum Gasteiger partial charge on any atom is -0.451 e. The van der Waals surface area contributed by atoms with Crippen LogP contribution in [0.1, 0.15) is 12.8 Å². The number of nitrogens with zero attached hydrogens (tertiary/aromatic N) is 2. The van der Waals surface area contributed by atoms with Crippen molar-refractivity contribution < 1.29 is 23.9 Å². The summed E-state index contributed by atoms with van der Waals surface area (Å²) in [5, 5.41) is 10.2. The first-order valence-electron chi connectivity index (χ1n) is 9.37. The van der Waals surface area contributed by atoms with Crippen LogP contribution < -0.4 is 15.6 Å². The fourth-order valence-corrected chi connectivity index (χ4v) is 3.06. The first kappa shape index (κ1) is 22.2. The van der Waals surface area contributed by atoms with Crippen molar-refractivity contribution in [3.63, 3.8) is 0 Å². The van der Waals surface area contributed by atoms with Gasteiger partial charge in [0.2, 0.25) is 11.8 Å². The number of carbonyl (C=O) groups excluding carboxylic acids is 4. The monoisotopic (exact) mass is 486 g/mol. The quantitative estimate of drug-likeness (QED) is 0.581. The molecule has 2 aromatic carbocycles. The van der Waals surface area contributed by atoms with E-state index in [0.717, 1.165) is 5.01 Å². The van der Waals surface area contributed by atoms with Gasteiger partial charge in [-0.3, -0.25) is 14.4 Å². The maximum Gasteiger partial charge on any atom is 0.355 e. The first-order valence-corrected chi connectivity index (χ1v) is 10.2. The molecule has 0 bridgehead atoms. The zero-order valence-corrected chi connectivity index (χ0v) is 17.9. The molecular formula is C21H19BrN4O5. The van der Waals surface area contributed by atoms with Gasteiger partial charge in [0.15, 0.2) is 6.61 Å². The molecule has 0 atom stereocenters. The molecule has 0 aliphatic carbocycles. The maximum atomic E-state index is 12.2. The van der Waals surface area contributed by atoms with E-state index in [1.807, 2.05) is 0 Å². The molecule has 9 nitrogen and oxygen atoms in total. The number of hydrogen-bond acceptors (Lipinski definition) is 6. The van der Waals surface area contributed by atoms with Crippen LogP contribution in [0.25, 0.3) is 0 Å². The van der Waals surface area contributed by atoms with Gasteiger partial charge in [0.25, 0.3) is 5.91 Å². The second-order valence-electron chi connectivity index (χ2n) is 6.47. The third kappa shape index (κ3) is 6.22. The number of anilines is 2. The van der Waals surface area contributed by atoms with E-state index in [1.54, 1.807) is 54.6 Å². The van der Waals surface area contributed by atoms with Crippen LogP contribution in [-0.2, 0) is 23.9 Å². The molecule has 3 rings (SSSR count). The molecule has 1 aliphatic heterocycles. The minimum absolute atomic E-state index is 0.0444. The number of hydrazone groups is 1. The minimum atomic E-state index is -0.791. The summed E-state index contributed by atoms with van der Waals surface area (Å²) in [6.45, 7) is -0.853. The summed E-state index contributed by atoms with van der Waals surface area (Å²) >= 11 is 3.31. The molecule has 0 fully saturated rings. The lowest BCUT2D eigenvalue weighted by molar-refractivity contribution is -0.142. The van der Waals surface area contributed by atoms with Gasteiger partial charge in [-0.05, 0) is 40.2 Å². The molecule has 1 aliphatic rings. The number of nitrogens with one attached hydrogen (secondary N) is 2. The molecule has 10 heteroatoms. The van der Waals surface area contributed by atoms with Crippen molar-refractivity contribution >= 4 is 56.7 Å². The maximum absolute atomic E-state index is 12.2. The predicted octanol–water partition coefficient (Wildman–Crippen LogP) is 2.23. The lowest BCUT2D eigenvalue weighted by Crippen LogP contribution is -2.38. The zero-order valence-electron chi connectivity index (χ0n) is 16.3. The summed E-state index contributed by atoms with van der Waals surface area (Å²) in [5.41, 5.74) is 1.15. The molecule has 0 radical (unpaired) electrons. The Balaban J connectivity index is 1.47. The van der Waals surface area contributed by atoms with Crippen molar-refractivity contribution in [2.45, 2.75) is 12.8 Å². The van der Waals surface area contributed by atoms with Crippen LogP contribution in [0.15, 0.2) is 64.2 Å². The highest BCUT2D eigenvalue weighted by Gasteiger charge is 2.26. The van der Waals surface area contributed by atoms with Gasteiger partial charge in [-0.25, -0.2) is 9.80 Å². The van der Waals surface area contributed by atoms with Gasteiger partial charge in [-0.1, -0.05) is 30.3 Å². The van der Waals surface area contributed by atoms with Crippen molar-refractivity contribution in [2.24, 2.45) is 5.10 Å². The van der Waals surface area contributed by atoms with E-state index in [9.17, 15) is 19.2 Å². The normalized spacial score (nSPS) is 13.3. The zero-order chi connectivity index (χ0) is 22.2. The molecule has 2 aromatic rings. The van der Waals surface area contributed by atoms with E-state index in [2.05, 4.69) is 31.7 Å². The van der Waals surface area contributed by atoms with E-state index in [1.165, 1.54) is 0 Å². The molecule has 3 amide bonds. The second kappa shape index (κ2) is 10.5. The number of carbonyl (C=O) groups is 4. The highest BCUT2D eigenvalue weighted by atomic mass is 79.9. The van der Waals surface area contributed by atoms with Crippen LogP contribution in [0.2, 0.25) is 0 Å². The standard InChI is InChI=1S/C21H19BrN4O5/c22-15-8-4-5-9-16(15)24-18(27)12-23-19(28)13-31-21(30)17-10-11-20(29)26(25-17)14-6-2-1-3-7-14/h1-9H,10-13H2,(H,23,28)(H,24,27). The second-order valence-corrected chi connectivity index (χ2v) is 7.32. The summed E-state index contributed by atoms with van der Waals surface area (Å²) in [4.78, 5) is 48.2. The van der Waals surface area contributed by atoms with Gasteiger partial charge >= 0.3 is 5.97 Å². The Labute approximate surface area is 186 Å². The highest BCUT2D eigenvalue weighted by Crippen LogP contribution is 2.21. The lowest BCUT2D eigenvalue weighted by atomic mass is 10.1. The van der Waals surface area contributed by atoms with E-state index < -0.39 is 24.4 Å². The SMILES string of the molecule is O=C(COC(=O)C1=NN(c2ccccc2)C(=O)CC1)NCC(=O)Nc1ccccc1Br. The lowest BCUT2D eigenvalue weighted by Gasteiger charge is -2.22. The van der Waals surface area contributed by atoms with Crippen LogP contribution in [0.3, 0.4) is 0 Å². The number of esters is 1. The summed E-state index contributed by atoms with van der Waals surface area (Å²) in [6, 6.07) is 15.7. The van der Waals surface area contributed by atoms with Gasteiger partial charge in [0.1, 0.15) is 5.71 Å². The molecule has 0 aromatic heterocycles. The molecule has 0 saturated heterocycles. The Morgan fingerprint density at radius 2 is 1.71 bits per heavy atom. The smallest absolute Gasteiger partial charge is 0.355 e. The number of halogens is 1. The number of amides is 3. The largest absolute Gasteiger partial charge is 0.451 e. The summed E-state index contributed by atoms with van der Waals surface area (Å²) < 4.78 is 5.68. The summed E-state index contributed by atoms with van der Waals surface area (Å²) in [7, 11) is 0. The molecule has 1 heterocycles. The number of rotatable bonds is 7. The van der Waals surface area contributed by atoms with Gasteiger partial charge in [0.05, 0.1) is 17.9 Å². The van der Waals surface area contributed by atoms with Gasteiger partial charge < -0.3 is 15.4 Å². The van der Waals surface area contributed by atoms with Crippen molar-refractivity contribution in [2.75, 3.05) is 23.5 Å². The molecule has 31 heavy (non-hydrogen) atoms. The molecular weight excluding hydrogens is 468 g/mol. The average molecular weight is 487 g/mol. The highest BCUT2D eigenvalue weighted by molar-refractivity contribution is 9.10. The van der Waals surface area contributed by atoms with Crippen LogP contribution in [0.4, 0.5) is 11.4 Å². The van der Waals surface area contributed by atoms with Gasteiger partial charge in [-0.2, -0.15) is 5.10 Å². The fourth-order valence-electron chi connectivity index (χ4n) is 2.67. The molecule has 0 spiro atoms. The van der Waals surface area contributed by atoms with Crippen LogP contribution in [-0.4, -0.2) is 42.6 Å². The molecule has 0 unspecified atom stereocenters. The van der Waals surface area contributed by atoms with Crippen molar-refractivity contribution in [1.82, 2.24) is 5.32 Å². The van der Waals surface area contributed by atoms with E-state index in [4.69, 9.17) is 4.74 Å². The first-order chi connectivity index (χ1) is 14.9. The topological polar surface area (TPSA) is 117 Å². The van der Waals surface area contributed by atoms with Gasteiger partial charge in [-0.15, -0.1) is 0 Å². The molecule has 160 valence electrons. The Bertz CT molecular complexity index is 1030. The molecule has 0 saturated carbocycles. The number of benzene rings is 2. The summed E-state index contributed by atoms with van der Waals surface area (Å²) in [5.74, 6) is -2.10. The number of hydrogen-bond donors (Lipinski definition) is 2. The Morgan fingerprint density at radius 1 is 1.00 bits per heavy atom. The number of ether oxygens (including phenoxy) is 1. The number of para-hydroxylation sites is 2. The van der Waals surface area contributed by atoms with E-state index in [0.29, 0.717) is 15.8 Å². The third-order valence-corrected chi connectivity index (χ3v) is 4.89. The fraction of sp³-hybridized carbons (Fsp3) is 0.190.